The van der Waals surface area contributed by atoms with Crippen molar-refractivity contribution in [3.63, 3.8) is 0 Å². The first-order chi connectivity index (χ1) is 11.5. The second-order valence-corrected chi connectivity index (χ2v) is 7.71. The molecule has 3 rings (SSSR count). The Labute approximate surface area is 145 Å². The van der Waals surface area contributed by atoms with Gasteiger partial charge >= 0.3 is 0 Å². The van der Waals surface area contributed by atoms with Crippen LogP contribution in [0.4, 0.5) is 4.39 Å². The van der Waals surface area contributed by atoms with Gasteiger partial charge in [-0.1, -0.05) is 13.8 Å². The highest BCUT2D eigenvalue weighted by atomic mass is 32.1. The standard InChI is InChI=1S/C16H24FN5OS/c1-11(2)16-20-19-14(23-16)9-21(3)8-13-6-12(17)7-22(13)10-15-18-4-5-24-15/h4-5,11-13H,6-10H2,1-3H3/t12-,13-/m0/s1. The molecule has 3 heterocycles. The minimum atomic E-state index is -0.765. The van der Waals surface area contributed by atoms with Crippen molar-refractivity contribution in [1.82, 2.24) is 25.0 Å². The molecule has 2 atom stereocenters. The normalized spacial score (nSPS) is 22.1. The lowest BCUT2D eigenvalue weighted by Gasteiger charge is -2.27. The minimum Gasteiger partial charge on any atom is -0.424 e. The van der Waals surface area contributed by atoms with Crippen LogP contribution in [-0.2, 0) is 13.1 Å². The lowest BCUT2D eigenvalue weighted by Crippen LogP contribution is -2.38. The van der Waals surface area contributed by atoms with Gasteiger partial charge in [0.25, 0.3) is 0 Å². The number of aromatic nitrogens is 3. The van der Waals surface area contributed by atoms with E-state index in [4.69, 9.17) is 4.42 Å². The molecule has 0 aromatic carbocycles. The van der Waals surface area contributed by atoms with Gasteiger partial charge in [0.1, 0.15) is 11.2 Å². The SMILES string of the molecule is CC(C)c1nnc(CN(C)C[C@@H]2C[C@H](F)CN2Cc2nccs2)o1. The third kappa shape index (κ3) is 4.37. The Bertz CT molecular complexity index is 632. The summed E-state index contributed by atoms with van der Waals surface area (Å²) in [6, 6.07) is 0.182. The summed E-state index contributed by atoms with van der Waals surface area (Å²) in [6.45, 7) is 6.60. The van der Waals surface area contributed by atoms with Crippen molar-refractivity contribution < 1.29 is 8.81 Å². The van der Waals surface area contributed by atoms with Gasteiger partial charge in [-0.2, -0.15) is 0 Å². The number of hydrogen-bond acceptors (Lipinski definition) is 7. The average molecular weight is 353 g/mol. The van der Waals surface area contributed by atoms with E-state index in [1.807, 2.05) is 26.3 Å². The maximum atomic E-state index is 13.9. The predicted molar refractivity (Wildman–Crippen MR) is 90.5 cm³/mol. The van der Waals surface area contributed by atoms with Crippen LogP contribution in [-0.4, -0.2) is 57.3 Å². The van der Waals surface area contributed by atoms with Crippen molar-refractivity contribution >= 4 is 11.3 Å². The van der Waals surface area contributed by atoms with E-state index in [-0.39, 0.29) is 12.0 Å². The first-order valence-corrected chi connectivity index (χ1v) is 9.16. The number of likely N-dealkylation sites (N-methyl/N-ethyl adjacent to an activating group) is 1. The van der Waals surface area contributed by atoms with Crippen LogP contribution in [0, 0.1) is 0 Å². The van der Waals surface area contributed by atoms with Crippen LogP contribution >= 0.6 is 11.3 Å². The van der Waals surface area contributed by atoms with Crippen LogP contribution < -0.4 is 0 Å². The fraction of sp³-hybridized carbons (Fsp3) is 0.688. The Morgan fingerprint density at radius 1 is 1.46 bits per heavy atom. The number of hydrogen-bond donors (Lipinski definition) is 0. The Balaban J connectivity index is 1.56. The highest BCUT2D eigenvalue weighted by Crippen LogP contribution is 2.24. The maximum absolute atomic E-state index is 13.9. The number of rotatable bonds is 7. The lowest BCUT2D eigenvalue weighted by molar-refractivity contribution is 0.172. The largest absolute Gasteiger partial charge is 0.424 e. The summed E-state index contributed by atoms with van der Waals surface area (Å²) in [6.07, 6.45) is 1.60. The molecular weight excluding hydrogens is 329 g/mol. The van der Waals surface area contributed by atoms with Crippen LogP contribution in [0.3, 0.4) is 0 Å². The minimum absolute atomic E-state index is 0.182. The Hall–Kier alpha value is -1.38. The van der Waals surface area contributed by atoms with Crippen molar-refractivity contribution in [1.29, 1.82) is 0 Å². The van der Waals surface area contributed by atoms with Crippen molar-refractivity contribution in [3.05, 3.63) is 28.4 Å². The summed E-state index contributed by atoms with van der Waals surface area (Å²) in [4.78, 5) is 8.62. The van der Waals surface area contributed by atoms with Gasteiger partial charge in [0.2, 0.25) is 11.8 Å². The molecule has 6 nitrogen and oxygen atoms in total. The summed E-state index contributed by atoms with van der Waals surface area (Å²) in [7, 11) is 2.01. The van der Waals surface area contributed by atoms with E-state index in [1.54, 1.807) is 17.5 Å². The molecule has 0 saturated carbocycles. The summed E-state index contributed by atoms with van der Waals surface area (Å²) < 4.78 is 19.6. The quantitative estimate of drug-likeness (QED) is 0.763. The highest BCUT2D eigenvalue weighted by molar-refractivity contribution is 7.09. The van der Waals surface area contributed by atoms with Gasteiger partial charge in [-0.3, -0.25) is 9.80 Å². The molecule has 1 saturated heterocycles. The zero-order valence-electron chi connectivity index (χ0n) is 14.4. The van der Waals surface area contributed by atoms with E-state index in [2.05, 4.69) is 25.0 Å². The van der Waals surface area contributed by atoms with Gasteiger partial charge in [0.05, 0.1) is 13.1 Å². The summed E-state index contributed by atoms with van der Waals surface area (Å²) in [5.41, 5.74) is 0. The van der Waals surface area contributed by atoms with Gasteiger partial charge < -0.3 is 4.42 Å². The Kier molecular flexibility index (Phi) is 5.57. The van der Waals surface area contributed by atoms with Crippen LogP contribution in [0.5, 0.6) is 0 Å². The zero-order valence-corrected chi connectivity index (χ0v) is 15.2. The first-order valence-electron chi connectivity index (χ1n) is 8.28. The molecular formula is C16H24FN5OS. The van der Waals surface area contributed by atoms with E-state index >= 15 is 0 Å². The number of thiazole rings is 1. The topological polar surface area (TPSA) is 58.3 Å². The molecule has 8 heteroatoms. The molecule has 0 aliphatic carbocycles. The summed E-state index contributed by atoms with van der Waals surface area (Å²) >= 11 is 1.62. The fourth-order valence-electron chi connectivity index (χ4n) is 3.03. The number of halogens is 1. The second kappa shape index (κ2) is 7.67. The van der Waals surface area contributed by atoms with Crippen molar-refractivity contribution in [3.8, 4) is 0 Å². The zero-order chi connectivity index (χ0) is 17.1. The molecule has 0 unspecified atom stereocenters. The first kappa shape index (κ1) is 17.4. The third-order valence-corrected chi connectivity index (χ3v) is 4.97. The molecule has 2 aromatic rings. The average Bonchev–Trinajstić information content (AvgIpc) is 3.22. The molecule has 0 spiro atoms. The van der Waals surface area contributed by atoms with Crippen LogP contribution in [0.2, 0.25) is 0 Å². The van der Waals surface area contributed by atoms with Gasteiger partial charge in [-0.05, 0) is 13.5 Å². The molecule has 1 aliphatic rings. The molecule has 2 aromatic heterocycles. The molecule has 1 fully saturated rings. The Morgan fingerprint density at radius 2 is 2.29 bits per heavy atom. The molecule has 24 heavy (non-hydrogen) atoms. The maximum Gasteiger partial charge on any atom is 0.230 e. The van der Waals surface area contributed by atoms with Crippen molar-refractivity contribution in [2.75, 3.05) is 20.1 Å². The fourth-order valence-corrected chi connectivity index (χ4v) is 3.67. The molecule has 1 aliphatic heterocycles. The molecule has 0 N–H and O–H groups in total. The van der Waals surface area contributed by atoms with Crippen LogP contribution in [0.15, 0.2) is 16.0 Å². The van der Waals surface area contributed by atoms with E-state index in [0.717, 1.165) is 11.6 Å². The van der Waals surface area contributed by atoms with Crippen molar-refractivity contribution in [2.24, 2.45) is 0 Å². The van der Waals surface area contributed by atoms with E-state index < -0.39 is 6.17 Å². The monoisotopic (exact) mass is 353 g/mol. The van der Waals surface area contributed by atoms with E-state index in [1.165, 1.54) is 0 Å². The second-order valence-electron chi connectivity index (χ2n) is 6.73. The highest BCUT2D eigenvalue weighted by Gasteiger charge is 2.33. The smallest absolute Gasteiger partial charge is 0.230 e. The Morgan fingerprint density at radius 3 is 2.96 bits per heavy atom. The van der Waals surface area contributed by atoms with Gasteiger partial charge in [0, 0.05) is 36.6 Å². The van der Waals surface area contributed by atoms with Crippen LogP contribution in [0.25, 0.3) is 0 Å². The number of nitrogens with zero attached hydrogens (tertiary/aromatic N) is 5. The summed E-state index contributed by atoms with van der Waals surface area (Å²) in [5, 5.41) is 11.1. The van der Waals surface area contributed by atoms with E-state index in [0.29, 0.717) is 37.8 Å². The molecule has 132 valence electrons. The predicted octanol–water partition coefficient (Wildman–Crippen LogP) is 2.69. The van der Waals surface area contributed by atoms with Gasteiger partial charge in [0.15, 0.2) is 0 Å². The molecule has 0 amide bonds. The molecule has 0 radical (unpaired) electrons. The third-order valence-electron chi connectivity index (χ3n) is 4.20. The number of likely N-dealkylation sites (tertiary alicyclic amines) is 1. The van der Waals surface area contributed by atoms with E-state index in [9.17, 15) is 4.39 Å². The lowest BCUT2D eigenvalue weighted by atomic mass is 10.2. The summed E-state index contributed by atoms with van der Waals surface area (Å²) in [5.74, 6) is 1.50. The van der Waals surface area contributed by atoms with Gasteiger partial charge in [-0.25, -0.2) is 9.37 Å². The van der Waals surface area contributed by atoms with Gasteiger partial charge in [-0.15, -0.1) is 21.5 Å². The van der Waals surface area contributed by atoms with Crippen LogP contribution in [0.1, 0.15) is 43.0 Å². The number of alkyl halides is 1. The molecule has 0 bridgehead atoms. The van der Waals surface area contributed by atoms with Crippen molar-refractivity contribution in [2.45, 2.75) is 51.5 Å².